The third-order valence-corrected chi connectivity index (χ3v) is 8.67. The van der Waals surface area contributed by atoms with Crippen LogP contribution >= 0.6 is 0 Å². The van der Waals surface area contributed by atoms with Crippen molar-refractivity contribution in [2.45, 2.75) is 95.2 Å². The first-order valence-corrected chi connectivity index (χ1v) is 18.4. The van der Waals surface area contributed by atoms with Crippen LogP contribution in [0.2, 0.25) is 0 Å². The van der Waals surface area contributed by atoms with Gasteiger partial charge in [-0.2, -0.15) is 0 Å². The van der Waals surface area contributed by atoms with E-state index in [1.54, 1.807) is 30.3 Å². The van der Waals surface area contributed by atoms with E-state index in [2.05, 4.69) is 26.6 Å². The molecule has 0 aliphatic carbocycles. The van der Waals surface area contributed by atoms with Crippen LogP contribution in [0.4, 0.5) is 0 Å². The molecule has 13 N–H and O–H groups in total. The molecular weight excluding hydrogens is 778 g/mol. The van der Waals surface area contributed by atoms with Crippen molar-refractivity contribution in [1.82, 2.24) is 31.9 Å². The predicted molar refractivity (Wildman–Crippen MR) is 206 cm³/mol. The fraction of sp³-hybridized carbons (Fsp3) is 0.447. The van der Waals surface area contributed by atoms with E-state index in [4.69, 9.17) is 15.9 Å². The van der Waals surface area contributed by atoms with Crippen molar-refractivity contribution in [1.29, 1.82) is 0 Å². The molecule has 0 aliphatic heterocycles. The summed E-state index contributed by atoms with van der Waals surface area (Å²) in [5, 5.41) is 61.5. The molecule has 2 rings (SSSR count). The van der Waals surface area contributed by atoms with Crippen LogP contribution in [-0.2, 0) is 56.0 Å². The van der Waals surface area contributed by atoms with Crippen LogP contribution in [0, 0.1) is 5.92 Å². The number of nitrogens with two attached hydrogens (primary N) is 1. The van der Waals surface area contributed by atoms with Crippen molar-refractivity contribution in [2.75, 3.05) is 6.54 Å². The molecule has 0 saturated carbocycles. The van der Waals surface area contributed by atoms with Crippen LogP contribution in [0.25, 0.3) is 0 Å². The van der Waals surface area contributed by atoms with Crippen LogP contribution in [0.1, 0.15) is 51.2 Å². The Morgan fingerprint density at radius 3 is 1.58 bits per heavy atom. The molecule has 0 radical (unpaired) electrons. The maximum atomic E-state index is 14.1. The summed E-state index contributed by atoms with van der Waals surface area (Å²) >= 11 is 0. The second-order valence-corrected chi connectivity index (χ2v) is 13.9. The molecule has 2 aromatic carbocycles. The fourth-order valence-corrected chi connectivity index (χ4v) is 5.47. The van der Waals surface area contributed by atoms with Crippen molar-refractivity contribution in [3.8, 4) is 5.75 Å². The summed E-state index contributed by atoms with van der Waals surface area (Å²) in [6.07, 6.45) is -3.59. The summed E-state index contributed by atoms with van der Waals surface area (Å²) in [6, 6.07) is 4.74. The molecule has 0 unspecified atom stereocenters. The SMILES string of the molecule is CC(C)[C@H](NC(=O)[C@H](Cc1ccc(O)cc1)NC(=O)[C@H](Cc1ccccc1)NC(=O)[C@@H](NC(=O)[C@@H](N)CCC(=O)O)[C@@H](C)O)C(=O)N[C@@H](CC(=O)O)C(=O)NCC(=O)O. The van der Waals surface area contributed by atoms with Gasteiger partial charge in [-0.1, -0.05) is 56.3 Å². The molecule has 6 amide bonds. The highest BCUT2D eigenvalue weighted by molar-refractivity contribution is 5.98. The molecule has 0 bridgehead atoms. The first-order valence-electron chi connectivity index (χ1n) is 18.4. The van der Waals surface area contributed by atoms with E-state index in [0.717, 1.165) is 0 Å². The second-order valence-electron chi connectivity index (χ2n) is 13.9. The Balaban J connectivity index is 2.45. The lowest BCUT2D eigenvalue weighted by molar-refractivity contribution is -0.142. The molecular formula is C38H51N7O14. The molecule has 0 aromatic heterocycles. The number of aliphatic hydroxyl groups is 1. The molecule has 0 spiro atoms. The maximum absolute atomic E-state index is 14.1. The Morgan fingerprint density at radius 1 is 0.576 bits per heavy atom. The monoisotopic (exact) mass is 829 g/mol. The summed E-state index contributed by atoms with van der Waals surface area (Å²) < 4.78 is 0. The first kappa shape index (κ1) is 48.5. The van der Waals surface area contributed by atoms with E-state index in [9.17, 15) is 58.5 Å². The van der Waals surface area contributed by atoms with Gasteiger partial charge in [0.1, 0.15) is 42.5 Å². The number of aliphatic carboxylic acids is 3. The lowest BCUT2D eigenvalue weighted by Gasteiger charge is -2.29. The molecule has 21 nitrogen and oxygen atoms in total. The van der Waals surface area contributed by atoms with Crippen molar-refractivity contribution >= 4 is 53.4 Å². The molecule has 0 aliphatic rings. The molecule has 21 heteroatoms. The van der Waals surface area contributed by atoms with Crippen molar-refractivity contribution in [3.63, 3.8) is 0 Å². The van der Waals surface area contributed by atoms with E-state index < -0.39 is 121 Å². The Hall–Kier alpha value is -6.61. The van der Waals surface area contributed by atoms with E-state index >= 15 is 0 Å². The maximum Gasteiger partial charge on any atom is 0.322 e. The smallest absolute Gasteiger partial charge is 0.322 e. The average Bonchev–Trinajstić information content (AvgIpc) is 3.16. The van der Waals surface area contributed by atoms with Gasteiger partial charge in [0, 0.05) is 19.3 Å². The van der Waals surface area contributed by atoms with Crippen molar-refractivity contribution in [3.05, 3.63) is 65.7 Å². The van der Waals surface area contributed by atoms with Gasteiger partial charge in [0.2, 0.25) is 35.4 Å². The predicted octanol–water partition coefficient (Wildman–Crippen LogP) is -2.49. The van der Waals surface area contributed by atoms with Gasteiger partial charge in [-0.3, -0.25) is 43.2 Å². The van der Waals surface area contributed by atoms with Gasteiger partial charge in [-0.05, 0) is 42.5 Å². The third-order valence-electron chi connectivity index (χ3n) is 8.67. The number of carbonyl (C=O) groups excluding carboxylic acids is 6. The van der Waals surface area contributed by atoms with Gasteiger partial charge in [0.15, 0.2) is 0 Å². The number of rotatable bonds is 24. The van der Waals surface area contributed by atoms with E-state index in [0.29, 0.717) is 11.1 Å². The minimum absolute atomic E-state index is 0.105. The number of aliphatic hydroxyl groups excluding tert-OH is 1. The van der Waals surface area contributed by atoms with Gasteiger partial charge < -0.3 is 63.2 Å². The van der Waals surface area contributed by atoms with Crippen molar-refractivity contribution in [2.24, 2.45) is 11.7 Å². The normalized spacial score (nSPS) is 14.5. The van der Waals surface area contributed by atoms with Gasteiger partial charge in [0.05, 0.1) is 18.6 Å². The highest BCUT2D eigenvalue weighted by atomic mass is 16.4. The van der Waals surface area contributed by atoms with Crippen LogP contribution < -0.4 is 37.6 Å². The van der Waals surface area contributed by atoms with Gasteiger partial charge >= 0.3 is 17.9 Å². The van der Waals surface area contributed by atoms with Crippen LogP contribution in [0.3, 0.4) is 0 Å². The number of hydrogen-bond donors (Lipinski definition) is 12. The summed E-state index contributed by atoms with van der Waals surface area (Å²) in [7, 11) is 0. The molecule has 322 valence electrons. The first-order chi connectivity index (χ1) is 27.7. The Labute approximate surface area is 338 Å². The Kier molecular flexibility index (Phi) is 19.4. The van der Waals surface area contributed by atoms with Crippen LogP contribution in [0.5, 0.6) is 5.75 Å². The number of phenols is 1. The highest BCUT2D eigenvalue weighted by Crippen LogP contribution is 2.14. The number of carbonyl (C=O) groups is 9. The lowest BCUT2D eigenvalue weighted by Crippen LogP contribution is -2.62. The van der Waals surface area contributed by atoms with Gasteiger partial charge in [-0.15, -0.1) is 0 Å². The largest absolute Gasteiger partial charge is 0.508 e. The molecule has 2 aromatic rings. The van der Waals surface area contributed by atoms with E-state index in [1.807, 2.05) is 5.32 Å². The number of carboxylic acid groups (broad SMARTS) is 3. The number of aromatic hydroxyl groups is 1. The van der Waals surface area contributed by atoms with Gasteiger partial charge in [0.25, 0.3) is 0 Å². The zero-order valence-electron chi connectivity index (χ0n) is 32.5. The lowest BCUT2D eigenvalue weighted by atomic mass is 9.99. The highest BCUT2D eigenvalue weighted by Gasteiger charge is 2.35. The number of benzene rings is 2. The zero-order chi connectivity index (χ0) is 44.4. The van der Waals surface area contributed by atoms with Crippen LogP contribution in [-0.4, -0.2) is 128 Å². The molecule has 59 heavy (non-hydrogen) atoms. The Morgan fingerprint density at radius 2 is 1.07 bits per heavy atom. The third kappa shape index (κ3) is 17.2. The quantitative estimate of drug-likeness (QED) is 0.0521. The topological polar surface area (TPSA) is 353 Å². The second kappa shape index (κ2) is 23.6. The summed E-state index contributed by atoms with van der Waals surface area (Å²) in [5.74, 6) is -10.9. The summed E-state index contributed by atoms with van der Waals surface area (Å²) in [6.45, 7) is 3.37. The number of hydrogen-bond acceptors (Lipinski definition) is 12. The number of amides is 6. The molecule has 0 fully saturated rings. The minimum Gasteiger partial charge on any atom is -0.508 e. The van der Waals surface area contributed by atoms with Gasteiger partial charge in [-0.25, -0.2) is 0 Å². The van der Waals surface area contributed by atoms with E-state index in [1.165, 1.54) is 45.0 Å². The molecule has 0 heterocycles. The average molecular weight is 830 g/mol. The zero-order valence-corrected chi connectivity index (χ0v) is 32.5. The number of nitrogens with one attached hydrogen (secondary N) is 6. The molecule has 0 saturated heterocycles. The fourth-order valence-electron chi connectivity index (χ4n) is 5.47. The standard InChI is InChI=1S/C38H51N7O14/c1-19(2)31(37(58)43-27(17-29(50)51)34(55)40-18-30(52)53)44-36(57)26(16-22-9-11-23(47)12-10-22)41-35(56)25(15-21-7-5-4-6-8-21)42-38(59)32(20(3)46)45-33(54)24(39)13-14-28(48)49/h4-12,19-20,24-27,31-32,46-47H,13-18,39H2,1-3H3,(H,40,55)(H,41,56)(H,42,59)(H,43,58)(H,44,57)(H,45,54)(H,48,49)(H,50,51)(H,52,53)/t20-,24+,25+,26+,27+,31+,32+/m1/s1. The Bertz CT molecular complexity index is 1810. The summed E-state index contributed by atoms with van der Waals surface area (Å²) in [4.78, 5) is 114. The van der Waals surface area contributed by atoms with Crippen LogP contribution in [0.15, 0.2) is 54.6 Å². The number of phenolic OH excluding ortho intramolecular Hbond substituents is 1. The van der Waals surface area contributed by atoms with E-state index in [-0.39, 0.29) is 25.0 Å². The minimum atomic E-state index is -1.73. The number of carboxylic acids is 3. The summed E-state index contributed by atoms with van der Waals surface area (Å²) in [5.41, 5.74) is 6.74. The van der Waals surface area contributed by atoms with Crippen molar-refractivity contribution < 1.29 is 68.7 Å². The molecule has 7 atom stereocenters.